The molecule has 3 aromatic rings. The molecule has 3 aromatic carbocycles. The van der Waals surface area contributed by atoms with Crippen LogP contribution in [-0.4, -0.2) is 24.5 Å². The van der Waals surface area contributed by atoms with E-state index in [1.165, 1.54) is 6.08 Å². The van der Waals surface area contributed by atoms with Crippen LogP contribution in [0.3, 0.4) is 0 Å². The van der Waals surface area contributed by atoms with Gasteiger partial charge in [0.15, 0.2) is 11.5 Å². The highest BCUT2D eigenvalue weighted by atomic mass is 127. The number of ether oxygens (including phenoxy) is 2. The third kappa shape index (κ3) is 5.79. The molecule has 1 fully saturated rings. The fraction of sp³-hybridized carbons (Fsp3) is 0.148. The maximum atomic E-state index is 13.2. The van der Waals surface area contributed by atoms with Crippen molar-refractivity contribution in [3.63, 3.8) is 0 Å². The van der Waals surface area contributed by atoms with Crippen molar-refractivity contribution in [2.45, 2.75) is 20.5 Å². The largest absolute Gasteiger partial charge is 0.490 e. The molecule has 0 radical (unpaired) electrons. The van der Waals surface area contributed by atoms with E-state index in [1.54, 1.807) is 36.4 Å². The summed E-state index contributed by atoms with van der Waals surface area (Å²) in [4.78, 5) is 39.2. The number of amides is 4. The number of rotatable bonds is 7. The van der Waals surface area contributed by atoms with Crippen LogP contribution in [0, 0.1) is 10.5 Å². The smallest absolute Gasteiger partial charge is 0.335 e. The first kappa shape index (κ1) is 25.9. The topological polar surface area (TPSA) is 84.9 Å². The molecule has 184 valence electrons. The first-order chi connectivity index (χ1) is 17.3. The van der Waals surface area contributed by atoms with E-state index in [0.717, 1.165) is 24.1 Å². The molecule has 0 spiro atoms. The maximum absolute atomic E-state index is 13.2. The van der Waals surface area contributed by atoms with Gasteiger partial charge in [-0.1, -0.05) is 45.8 Å². The van der Waals surface area contributed by atoms with Crippen LogP contribution >= 0.6 is 38.5 Å². The van der Waals surface area contributed by atoms with Gasteiger partial charge in [-0.05, 0) is 90.0 Å². The van der Waals surface area contributed by atoms with E-state index in [-0.39, 0.29) is 5.57 Å². The average molecular weight is 661 g/mol. The fourth-order valence-corrected chi connectivity index (χ4v) is 4.61. The van der Waals surface area contributed by atoms with Crippen molar-refractivity contribution in [1.29, 1.82) is 0 Å². The van der Waals surface area contributed by atoms with Crippen LogP contribution in [0.4, 0.5) is 10.5 Å². The summed E-state index contributed by atoms with van der Waals surface area (Å²) in [6.07, 6.45) is 1.45. The molecule has 0 atom stereocenters. The molecular formula is C27H22BrIN2O5. The van der Waals surface area contributed by atoms with Crippen molar-refractivity contribution in [3.05, 3.63) is 91.0 Å². The van der Waals surface area contributed by atoms with Gasteiger partial charge in [-0.3, -0.25) is 14.9 Å². The molecule has 4 amide bonds. The van der Waals surface area contributed by atoms with Crippen LogP contribution < -0.4 is 19.7 Å². The number of nitrogens with zero attached hydrogens (tertiary/aromatic N) is 1. The zero-order valence-corrected chi connectivity index (χ0v) is 23.3. The zero-order valence-electron chi connectivity index (χ0n) is 19.5. The number of benzene rings is 3. The Morgan fingerprint density at radius 1 is 1.00 bits per heavy atom. The number of barbiturate groups is 1. The quantitative estimate of drug-likeness (QED) is 0.191. The minimum atomic E-state index is -0.785. The molecule has 1 saturated heterocycles. The minimum Gasteiger partial charge on any atom is -0.490 e. The number of carbonyl (C=O) groups excluding carboxylic acids is 3. The van der Waals surface area contributed by atoms with E-state index in [9.17, 15) is 14.4 Å². The van der Waals surface area contributed by atoms with Crippen molar-refractivity contribution < 1.29 is 23.9 Å². The summed E-state index contributed by atoms with van der Waals surface area (Å²) >= 11 is 5.56. The molecule has 0 unspecified atom stereocenters. The third-order valence-electron chi connectivity index (χ3n) is 5.33. The summed E-state index contributed by atoms with van der Waals surface area (Å²) in [5, 5.41) is 2.25. The van der Waals surface area contributed by atoms with Gasteiger partial charge in [0.25, 0.3) is 11.8 Å². The van der Waals surface area contributed by atoms with E-state index in [1.807, 2.05) is 38.1 Å². The van der Waals surface area contributed by atoms with E-state index in [4.69, 9.17) is 9.47 Å². The molecule has 36 heavy (non-hydrogen) atoms. The maximum Gasteiger partial charge on any atom is 0.335 e. The van der Waals surface area contributed by atoms with Crippen molar-refractivity contribution in [2.24, 2.45) is 0 Å². The van der Waals surface area contributed by atoms with Crippen molar-refractivity contribution in [2.75, 3.05) is 11.5 Å². The Kier molecular flexibility index (Phi) is 8.10. The summed E-state index contributed by atoms with van der Waals surface area (Å²) in [6.45, 7) is 4.51. The second-order valence-electron chi connectivity index (χ2n) is 7.97. The number of hydrogen-bond acceptors (Lipinski definition) is 5. The SMILES string of the molecule is CCOc1cc(/C=C2\C(=O)NC(=O)N(c3ccc(C)cc3)C2=O)cc(I)c1OCc1ccc(Br)cc1. The number of anilines is 1. The predicted molar refractivity (Wildman–Crippen MR) is 149 cm³/mol. The Bertz CT molecular complexity index is 1350. The number of urea groups is 1. The summed E-state index contributed by atoms with van der Waals surface area (Å²) in [6, 6.07) is 17.4. The Balaban J connectivity index is 1.65. The van der Waals surface area contributed by atoms with E-state index in [0.29, 0.717) is 36.0 Å². The second-order valence-corrected chi connectivity index (χ2v) is 10.0. The van der Waals surface area contributed by atoms with Gasteiger partial charge in [0.2, 0.25) is 0 Å². The number of halogens is 2. The fourth-order valence-electron chi connectivity index (χ4n) is 3.56. The highest BCUT2D eigenvalue weighted by molar-refractivity contribution is 14.1. The molecule has 0 saturated carbocycles. The number of carbonyl (C=O) groups is 3. The molecule has 1 N–H and O–H groups in total. The number of nitrogens with one attached hydrogen (secondary N) is 1. The summed E-state index contributed by atoms with van der Waals surface area (Å²) < 4.78 is 13.6. The molecule has 0 aromatic heterocycles. The molecular weight excluding hydrogens is 639 g/mol. The van der Waals surface area contributed by atoms with Gasteiger partial charge in [-0.15, -0.1) is 0 Å². The van der Waals surface area contributed by atoms with Crippen LogP contribution in [0.2, 0.25) is 0 Å². The lowest BCUT2D eigenvalue weighted by atomic mass is 10.1. The number of imide groups is 2. The Hall–Kier alpha value is -3.18. The molecule has 7 nitrogen and oxygen atoms in total. The van der Waals surface area contributed by atoms with Gasteiger partial charge in [0.05, 0.1) is 15.9 Å². The summed E-state index contributed by atoms with van der Waals surface area (Å²) in [5.41, 5.74) is 2.76. The van der Waals surface area contributed by atoms with Crippen LogP contribution in [0.1, 0.15) is 23.6 Å². The normalized spacial score (nSPS) is 14.7. The summed E-state index contributed by atoms with van der Waals surface area (Å²) in [7, 11) is 0. The van der Waals surface area contributed by atoms with Crippen molar-refractivity contribution in [3.8, 4) is 11.5 Å². The zero-order chi connectivity index (χ0) is 25.8. The number of aryl methyl sites for hydroxylation is 1. The summed E-state index contributed by atoms with van der Waals surface area (Å²) in [5.74, 6) is -0.394. The van der Waals surface area contributed by atoms with Crippen LogP contribution in [-0.2, 0) is 16.2 Å². The van der Waals surface area contributed by atoms with Gasteiger partial charge >= 0.3 is 6.03 Å². The number of hydrogen-bond donors (Lipinski definition) is 1. The molecule has 1 aliphatic heterocycles. The first-order valence-corrected chi connectivity index (χ1v) is 13.0. The highest BCUT2D eigenvalue weighted by Gasteiger charge is 2.36. The highest BCUT2D eigenvalue weighted by Crippen LogP contribution is 2.36. The molecule has 1 aliphatic rings. The Morgan fingerprint density at radius 2 is 1.69 bits per heavy atom. The lowest BCUT2D eigenvalue weighted by molar-refractivity contribution is -0.122. The van der Waals surface area contributed by atoms with E-state index < -0.39 is 17.8 Å². The van der Waals surface area contributed by atoms with Crippen molar-refractivity contribution >= 4 is 68.1 Å². The standard InChI is InChI=1S/C27H22BrIN2O5/c1-3-35-23-14-18(13-22(29)24(23)36-15-17-6-8-19(28)9-7-17)12-21-25(32)30-27(34)31(26(21)33)20-10-4-16(2)5-11-20/h4-14H,3,15H2,1-2H3,(H,30,32,34)/b21-12+. The van der Waals surface area contributed by atoms with E-state index >= 15 is 0 Å². The van der Waals surface area contributed by atoms with Gasteiger partial charge in [0, 0.05) is 4.47 Å². The van der Waals surface area contributed by atoms with Crippen LogP contribution in [0.25, 0.3) is 6.08 Å². The first-order valence-electron chi connectivity index (χ1n) is 11.1. The predicted octanol–water partition coefficient (Wildman–Crippen LogP) is 6.01. The van der Waals surface area contributed by atoms with Gasteiger partial charge in [-0.25, -0.2) is 9.69 Å². The monoisotopic (exact) mass is 660 g/mol. The lowest BCUT2D eigenvalue weighted by Crippen LogP contribution is -2.54. The van der Waals surface area contributed by atoms with Gasteiger partial charge in [-0.2, -0.15) is 0 Å². The lowest BCUT2D eigenvalue weighted by Gasteiger charge is -2.26. The van der Waals surface area contributed by atoms with E-state index in [2.05, 4.69) is 43.8 Å². The second kappa shape index (κ2) is 11.3. The van der Waals surface area contributed by atoms with Crippen molar-refractivity contribution in [1.82, 2.24) is 5.32 Å². The minimum absolute atomic E-state index is 0.156. The molecule has 9 heteroatoms. The molecule has 1 heterocycles. The molecule has 0 aliphatic carbocycles. The average Bonchev–Trinajstić information content (AvgIpc) is 2.83. The van der Waals surface area contributed by atoms with Crippen LogP contribution in [0.15, 0.2) is 70.7 Å². The molecule has 4 rings (SSSR count). The Morgan fingerprint density at radius 3 is 2.36 bits per heavy atom. The van der Waals surface area contributed by atoms with Gasteiger partial charge in [0.1, 0.15) is 12.2 Å². The molecule has 0 bridgehead atoms. The van der Waals surface area contributed by atoms with Gasteiger partial charge < -0.3 is 9.47 Å². The third-order valence-corrected chi connectivity index (χ3v) is 6.66. The van der Waals surface area contributed by atoms with Crippen LogP contribution in [0.5, 0.6) is 11.5 Å². The Labute approximate surface area is 230 Å².